The Kier molecular flexibility index (Phi) is 4.94. The molecule has 0 atom stereocenters. The molecule has 2 heterocycles. The quantitative estimate of drug-likeness (QED) is 0.394. The first-order valence-corrected chi connectivity index (χ1v) is 8.80. The first-order chi connectivity index (χ1) is 12.0. The van der Waals surface area contributed by atoms with Crippen LogP contribution in [0, 0.1) is 0 Å². The average Bonchev–Trinajstić information content (AvgIpc) is 3.07. The molecule has 0 aliphatic heterocycles. The largest absolute Gasteiger partial charge is 0.468 e. The standard InChI is InChI=1S/C18H18N2O4S/c1-11(2)20-16(21)12-6-4-5-7-14(12)19-18(20)25-10-15-13(8-9-24-15)17(22)23-3/h4-9,11H,10H2,1-3H3. The Morgan fingerprint density at radius 1 is 1.32 bits per heavy atom. The predicted octanol–water partition coefficient (Wildman–Crippen LogP) is 3.65. The molecular weight excluding hydrogens is 340 g/mol. The number of methoxy groups -OCH3 is 1. The summed E-state index contributed by atoms with van der Waals surface area (Å²) in [5.41, 5.74) is 0.963. The minimum absolute atomic E-state index is 0.0382. The van der Waals surface area contributed by atoms with Crippen molar-refractivity contribution in [3.8, 4) is 0 Å². The van der Waals surface area contributed by atoms with Crippen LogP contribution in [0.3, 0.4) is 0 Å². The van der Waals surface area contributed by atoms with E-state index in [0.717, 1.165) is 0 Å². The molecule has 1 aromatic carbocycles. The third-order valence-electron chi connectivity index (χ3n) is 3.77. The van der Waals surface area contributed by atoms with Crippen molar-refractivity contribution in [3.63, 3.8) is 0 Å². The molecule has 0 aliphatic carbocycles. The third-order valence-corrected chi connectivity index (χ3v) is 4.73. The highest BCUT2D eigenvalue weighted by molar-refractivity contribution is 7.98. The van der Waals surface area contributed by atoms with Crippen LogP contribution in [-0.2, 0) is 10.5 Å². The van der Waals surface area contributed by atoms with Gasteiger partial charge in [-0.15, -0.1) is 0 Å². The van der Waals surface area contributed by atoms with Gasteiger partial charge in [-0.25, -0.2) is 9.78 Å². The second kappa shape index (κ2) is 7.14. The minimum atomic E-state index is -0.447. The summed E-state index contributed by atoms with van der Waals surface area (Å²) in [6.07, 6.45) is 1.45. The zero-order valence-corrected chi connectivity index (χ0v) is 15.0. The van der Waals surface area contributed by atoms with E-state index in [1.165, 1.54) is 25.1 Å². The Bertz CT molecular complexity index is 975. The number of benzene rings is 1. The molecule has 0 radical (unpaired) electrons. The molecule has 2 aromatic heterocycles. The first kappa shape index (κ1) is 17.3. The number of para-hydroxylation sites is 1. The van der Waals surface area contributed by atoms with Crippen molar-refractivity contribution in [2.75, 3.05) is 7.11 Å². The Labute approximate surface area is 148 Å². The topological polar surface area (TPSA) is 74.3 Å². The summed E-state index contributed by atoms with van der Waals surface area (Å²) in [5, 5.41) is 1.18. The van der Waals surface area contributed by atoms with Crippen molar-refractivity contribution in [2.45, 2.75) is 30.8 Å². The second-order valence-electron chi connectivity index (χ2n) is 5.72. The number of fused-ring (bicyclic) bond motifs is 1. The number of aromatic nitrogens is 2. The van der Waals surface area contributed by atoms with Crippen LogP contribution < -0.4 is 5.56 Å². The van der Waals surface area contributed by atoms with Gasteiger partial charge < -0.3 is 9.15 Å². The number of hydrogen-bond donors (Lipinski definition) is 0. The third kappa shape index (κ3) is 3.32. The van der Waals surface area contributed by atoms with E-state index in [9.17, 15) is 9.59 Å². The summed E-state index contributed by atoms with van der Waals surface area (Å²) < 4.78 is 11.8. The highest BCUT2D eigenvalue weighted by Crippen LogP contribution is 2.26. The van der Waals surface area contributed by atoms with Crippen LogP contribution in [0.25, 0.3) is 10.9 Å². The highest BCUT2D eigenvalue weighted by Gasteiger charge is 2.18. The summed E-state index contributed by atoms with van der Waals surface area (Å²) in [5.74, 6) is 0.418. The van der Waals surface area contributed by atoms with E-state index in [4.69, 9.17) is 9.15 Å². The number of carbonyl (C=O) groups is 1. The Morgan fingerprint density at radius 2 is 2.08 bits per heavy atom. The molecule has 0 fully saturated rings. The van der Waals surface area contributed by atoms with E-state index in [0.29, 0.717) is 33.1 Å². The number of furan rings is 1. The van der Waals surface area contributed by atoms with Gasteiger partial charge in [0.2, 0.25) is 0 Å². The van der Waals surface area contributed by atoms with Crippen molar-refractivity contribution in [2.24, 2.45) is 0 Å². The molecule has 130 valence electrons. The summed E-state index contributed by atoms with van der Waals surface area (Å²) in [6.45, 7) is 3.88. The van der Waals surface area contributed by atoms with Crippen LogP contribution in [-0.4, -0.2) is 22.6 Å². The maximum atomic E-state index is 12.8. The number of carbonyl (C=O) groups excluding carboxylic acids is 1. The summed E-state index contributed by atoms with van der Waals surface area (Å²) in [4.78, 5) is 29.2. The van der Waals surface area contributed by atoms with Gasteiger partial charge in [-0.1, -0.05) is 23.9 Å². The molecule has 3 rings (SSSR count). The van der Waals surface area contributed by atoms with Crippen molar-refractivity contribution in [1.29, 1.82) is 0 Å². The Morgan fingerprint density at radius 3 is 2.80 bits per heavy atom. The van der Waals surface area contributed by atoms with E-state index in [2.05, 4.69) is 4.98 Å². The molecular formula is C18H18N2O4S. The number of ether oxygens (including phenoxy) is 1. The molecule has 0 amide bonds. The molecule has 25 heavy (non-hydrogen) atoms. The van der Waals surface area contributed by atoms with E-state index in [1.807, 2.05) is 32.0 Å². The fourth-order valence-electron chi connectivity index (χ4n) is 2.56. The molecule has 3 aromatic rings. The van der Waals surface area contributed by atoms with Crippen LogP contribution in [0.15, 0.2) is 51.0 Å². The monoisotopic (exact) mass is 358 g/mol. The van der Waals surface area contributed by atoms with E-state index in [-0.39, 0.29) is 11.6 Å². The smallest absolute Gasteiger partial charge is 0.341 e. The second-order valence-corrected chi connectivity index (χ2v) is 6.66. The van der Waals surface area contributed by atoms with Crippen LogP contribution in [0.1, 0.15) is 36.0 Å². The van der Waals surface area contributed by atoms with Gasteiger partial charge in [-0.2, -0.15) is 0 Å². The molecule has 0 spiro atoms. The summed E-state index contributed by atoms with van der Waals surface area (Å²) in [7, 11) is 1.33. The lowest BCUT2D eigenvalue weighted by molar-refractivity contribution is 0.0598. The van der Waals surface area contributed by atoms with Gasteiger partial charge in [0.1, 0.15) is 11.3 Å². The van der Waals surface area contributed by atoms with Gasteiger partial charge >= 0.3 is 5.97 Å². The summed E-state index contributed by atoms with van der Waals surface area (Å²) >= 11 is 1.35. The molecule has 0 N–H and O–H groups in total. The van der Waals surface area contributed by atoms with Crippen molar-refractivity contribution >= 4 is 28.6 Å². The lowest BCUT2D eigenvalue weighted by atomic mass is 10.2. The maximum Gasteiger partial charge on any atom is 0.341 e. The van der Waals surface area contributed by atoms with Crippen molar-refractivity contribution < 1.29 is 13.9 Å². The minimum Gasteiger partial charge on any atom is -0.468 e. The SMILES string of the molecule is COC(=O)c1ccoc1CSc1nc2ccccc2c(=O)n1C(C)C. The van der Waals surface area contributed by atoms with Gasteiger partial charge in [0.15, 0.2) is 5.16 Å². The van der Waals surface area contributed by atoms with Gasteiger partial charge in [0.25, 0.3) is 5.56 Å². The number of rotatable bonds is 5. The van der Waals surface area contributed by atoms with Crippen molar-refractivity contribution in [1.82, 2.24) is 9.55 Å². The molecule has 0 unspecified atom stereocenters. The molecule has 0 saturated carbocycles. The van der Waals surface area contributed by atoms with Gasteiger partial charge in [-0.05, 0) is 32.0 Å². The fraction of sp³-hybridized carbons (Fsp3) is 0.278. The zero-order valence-electron chi connectivity index (χ0n) is 14.2. The first-order valence-electron chi connectivity index (χ1n) is 7.81. The predicted molar refractivity (Wildman–Crippen MR) is 96.0 cm³/mol. The highest BCUT2D eigenvalue weighted by atomic mass is 32.2. The van der Waals surface area contributed by atoms with Crippen LogP contribution in [0.5, 0.6) is 0 Å². The molecule has 6 nitrogen and oxygen atoms in total. The molecule has 0 bridgehead atoms. The lowest BCUT2D eigenvalue weighted by Crippen LogP contribution is -2.25. The lowest BCUT2D eigenvalue weighted by Gasteiger charge is -2.15. The zero-order chi connectivity index (χ0) is 18.0. The number of esters is 1. The molecule has 0 aliphatic rings. The number of nitrogens with zero attached hydrogens (tertiary/aromatic N) is 2. The normalized spacial score (nSPS) is 11.2. The Hall–Kier alpha value is -2.54. The number of thioether (sulfide) groups is 1. The van der Waals surface area contributed by atoms with Crippen molar-refractivity contribution in [3.05, 3.63) is 58.3 Å². The fourth-order valence-corrected chi connectivity index (χ4v) is 3.64. The van der Waals surface area contributed by atoms with E-state index < -0.39 is 5.97 Å². The average molecular weight is 358 g/mol. The van der Waals surface area contributed by atoms with Crippen LogP contribution >= 0.6 is 11.8 Å². The van der Waals surface area contributed by atoms with E-state index in [1.54, 1.807) is 16.7 Å². The molecule has 7 heteroatoms. The summed E-state index contributed by atoms with van der Waals surface area (Å²) in [6, 6.07) is 8.81. The van der Waals surface area contributed by atoms with Crippen LogP contribution in [0.4, 0.5) is 0 Å². The van der Waals surface area contributed by atoms with Gasteiger partial charge in [-0.3, -0.25) is 9.36 Å². The number of hydrogen-bond acceptors (Lipinski definition) is 6. The van der Waals surface area contributed by atoms with E-state index >= 15 is 0 Å². The molecule has 0 saturated heterocycles. The maximum absolute atomic E-state index is 12.8. The Balaban J connectivity index is 1.99. The van der Waals surface area contributed by atoms with Gasteiger partial charge in [0, 0.05) is 6.04 Å². The van der Waals surface area contributed by atoms with Gasteiger partial charge in [0.05, 0.1) is 30.0 Å². The van der Waals surface area contributed by atoms with Crippen LogP contribution in [0.2, 0.25) is 0 Å².